The van der Waals surface area contributed by atoms with Gasteiger partial charge in [0.25, 0.3) is 11.8 Å². The van der Waals surface area contributed by atoms with Gasteiger partial charge < -0.3 is 20.1 Å². The smallest absolute Gasteiger partial charge is 0.271 e. The van der Waals surface area contributed by atoms with Gasteiger partial charge in [0.2, 0.25) is 0 Å². The summed E-state index contributed by atoms with van der Waals surface area (Å²) in [6, 6.07) is 13.8. The Balaban J connectivity index is 1.51. The van der Waals surface area contributed by atoms with Crippen LogP contribution in [0.3, 0.4) is 0 Å². The number of carbonyl (C=O) groups is 2. The number of hydrazone groups is 1. The van der Waals surface area contributed by atoms with E-state index in [2.05, 4.69) is 10.5 Å². The number of ether oxygens (including phenoxy) is 2. The highest BCUT2D eigenvalue weighted by Crippen LogP contribution is 2.13. The van der Waals surface area contributed by atoms with Crippen molar-refractivity contribution < 1.29 is 19.1 Å². The molecule has 1 aliphatic rings. The molecule has 152 valence electrons. The fraction of sp³-hybridized carbons (Fsp3) is 0.286. The normalized spacial score (nSPS) is 14.4. The molecule has 0 bridgehead atoms. The summed E-state index contributed by atoms with van der Waals surface area (Å²) in [6.45, 7) is 4.10. The molecule has 0 unspecified atom stereocenters. The third-order valence-electron chi connectivity index (χ3n) is 4.50. The molecule has 3 rings (SSSR count). The maximum Gasteiger partial charge on any atom is 0.271 e. The summed E-state index contributed by atoms with van der Waals surface area (Å²) >= 11 is 0. The van der Waals surface area contributed by atoms with Crippen molar-refractivity contribution in [3.05, 3.63) is 59.7 Å². The minimum absolute atomic E-state index is 0.00986. The van der Waals surface area contributed by atoms with Crippen LogP contribution in [-0.4, -0.2) is 55.3 Å². The topological polar surface area (TPSA) is 106 Å². The first-order chi connectivity index (χ1) is 14.0. The average molecular weight is 396 g/mol. The molecule has 29 heavy (non-hydrogen) atoms. The van der Waals surface area contributed by atoms with E-state index in [0.29, 0.717) is 49.0 Å². The third kappa shape index (κ3) is 5.79. The Morgan fingerprint density at radius 2 is 1.69 bits per heavy atom. The van der Waals surface area contributed by atoms with Gasteiger partial charge in [0, 0.05) is 24.3 Å². The third-order valence-corrected chi connectivity index (χ3v) is 4.50. The highest BCUT2D eigenvalue weighted by Gasteiger charge is 2.17. The minimum atomic E-state index is -0.314. The van der Waals surface area contributed by atoms with Crippen LogP contribution in [0.2, 0.25) is 0 Å². The van der Waals surface area contributed by atoms with Gasteiger partial charge in [-0.1, -0.05) is 0 Å². The van der Waals surface area contributed by atoms with E-state index in [0.717, 1.165) is 5.56 Å². The van der Waals surface area contributed by atoms with Crippen molar-refractivity contribution in [2.24, 2.45) is 5.10 Å². The molecule has 0 aromatic heterocycles. The van der Waals surface area contributed by atoms with Gasteiger partial charge in [-0.2, -0.15) is 5.10 Å². The number of amides is 2. The molecule has 8 nitrogen and oxygen atoms in total. The average Bonchev–Trinajstić information content (AvgIpc) is 2.77. The predicted octanol–water partition coefficient (Wildman–Crippen LogP) is 1.66. The molecule has 0 atom stereocenters. The van der Waals surface area contributed by atoms with Crippen LogP contribution in [0.5, 0.6) is 5.75 Å². The summed E-state index contributed by atoms with van der Waals surface area (Å²) in [5, 5.41) is 4.13. The first kappa shape index (κ1) is 20.3. The molecule has 0 saturated carbocycles. The number of hydrogen-bond acceptors (Lipinski definition) is 6. The first-order valence-corrected chi connectivity index (χ1v) is 9.32. The van der Waals surface area contributed by atoms with Crippen LogP contribution < -0.4 is 15.9 Å². The van der Waals surface area contributed by atoms with Crippen molar-refractivity contribution >= 4 is 23.2 Å². The minimum Gasteiger partial charge on any atom is -0.484 e. The summed E-state index contributed by atoms with van der Waals surface area (Å²) in [5.41, 5.74) is 10.7. The largest absolute Gasteiger partial charge is 0.484 e. The second-order valence-corrected chi connectivity index (χ2v) is 6.57. The zero-order chi connectivity index (χ0) is 20.6. The Kier molecular flexibility index (Phi) is 6.80. The Morgan fingerprint density at radius 1 is 1.07 bits per heavy atom. The number of rotatable bonds is 6. The molecule has 8 heteroatoms. The summed E-state index contributed by atoms with van der Waals surface area (Å²) in [6.07, 6.45) is 0. The summed E-state index contributed by atoms with van der Waals surface area (Å²) < 4.78 is 10.8. The second kappa shape index (κ2) is 9.70. The number of benzene rings is 2. The maximum absolute atomic E-state index is 12.1. The molecule has 2 aromatic carbocycles. The van der Waals surface area contributed by atoms with Gasteiger partial charge in [0.15, 0.2) is 6.61 Å². The molecule has 1 aliphatic heterocycles. The lowest BCUT2D eigenvalue weighted by Crippen LogP contribution is -2.42. The van der Waals surface area contributed by atoms with Crippen LogP contribution in [0.25, 0.3) is 0 Å². The van der Waals surface area contributed by atoms with Gasteiger partial charge in [-0.15, -0.1) is 0 Å². The van der Waals surface area contributed by atoms with Crippen molar-refractivity contribution in [3.63, 3.8) is 0 Å². The van der Waals surface area contributed by atoms with E-state index in [4.69, 9.17) is 15.2 Å². The van der Waals surface area contributed by atoms with Gasteiger partial charge in [0.05, 0.1) is 18.9 Å². The molecular formula is C21H24N4O4. The second-order valence-electron chi connectivity index (χ2n) is 6.57. The molecular weight excluding hydrogens is 372 g/mol. The van der Waals surface area contributed by atoms with Crippen molar-refractivity contribution in [2.75, 3.05) is 38.6 Å². The molecule has 0 aliphatic carbocycles. The molecule has 1 saturated heterocycles. The van der Waals surface area contributed by atoms with Crippen LogP contribution in [0.15, 0.2) is 53.6 Å². The van der Waals surface area contributed by atoms with Gasteiger partial charge in [-0.3, -0.25) is 9.59 Å². The first-order valence-electron chi connectivity index (χ1n) is 9.32. The Morgan fingerprint density at radius 3 is 2.34 bits per heavy atom. The van der Waals surface area contributed by atoms with E-state index in [1.54, 1.807) is 48.2 Å². The number of morpholine rings is 1. The van der Waals surface area contributed by atoms with Gasteiger partial charge in [-0.25, -0.2) is 5.43 Å². The zero-order valence-corrected chi connectivity index (χ0v) is 16.3. The maximum atomic E-state index is 12.1. The molecule has 2 amide bonds. The molecule has 1 heterocycles. The monoisotopic (exact) mass is 396 g/mol. The van der Waals surface area contributed by atoms with Gasteiger partial charge in [0.1, 0.15) is 5.75 Å². The number of nitrogens with two attached hydrogens (primary N) is 1. The predicted molar refractivity (Wildman–Crippen MR) is 110 cm³/mol. The van der Waals surface area contributed by atoms with E-state index in [1.165, 1.54) is 0 Å². The van der Waals surface area contributed by atoms with Crippen molar-refractivity contribution in [3.8, 4) is 5.75 Å². The molecule has 1 fully saturated rings. The highest BCUT2D eigenvalue weighted by atomic mass is 16.5. The van der Waals surface area contributed by atoms with Crippen molar-refractivity contribution in [2.45, 2.75) is 6.92 Å². The standard InChI is InChI=1S/C21H24N4O4/c1-15(23-24-21(27)17-2-6-18(22)7-3-17)16-4-8-19(9-5-16)29-14-20(26)25-10-12-28-13-11-25/h2-9H,10-14,22H2,1H3,(H,24,27)/b23-15-. The fourth-order valence-electron chi connectivity index (χ4n) is 2.74. The SMILES string of the molecule is C/C(=N/NC(=O)c1ccc(N)cc1)c1ccc(OCC(=O)N2CCOCC2)cc1. The Bertz CT molecular complexity index is 873. The van der Waals surface area contributed by atoms with Crippen LogP contribution in [0.1, 0.15) is 22.8 Å². The lowest BCUT2D eigenvalue weighted by atomic mass is 10.1. The molecule has 0 radical (unpaired) electrons. The van der Waals surface area contributed by atoms with E-state index in [1.807, 2.05) is 12.1 Å². The van der Waals surface area contributed by atoms with Crippen LogP contribution in [0, 0.1) is 0 Å². The van der Waals surface area contributed by atoms with Gasteiger partial charge in [-0.05, 0) is 61.0 Å². The Labute approximate surface area is 169 Å². The van der Waals surface area contributed by atoms with Crippen LogP contribution >= 0.6 is 0 Å². The quantitative estimate of drug-likeness (QED) is 0.439. The summed E-state index contributed by atoms with van der Waals surface area (Å²) in [7, 11) is 0. The van der Waals surface area contributed by atoms with Gasteiger partial charge >= 0.3 is 0 Å². The van der Waals surface area contributed by atoms with E-state index in [9.17, 15) is 9.59 Å². The molecule has 3 N–H and O–H groups in total. The molecule has 2 aromatic rings. The highest BCUT2D eigenvalue weighted by molar-refractivity contribution is 6.01. The van der Waals surface area contributed by atoms with E-state index in [-0.39, 0.29) is 18.4 Å². The summed E-state index contributed by atoms with van der Waals surface area (Å²) in [4.78, 5) is 25.9. The number of nitrogens with zero attached hydrogens (tertiary/aromatic N) is 2. The lowest BCUT2D eigenvalue weighted by Gasteiger charge is -2.26. The zero-order valence-electron chi connectivity index (χ0n) is 16.3. The fourth-order valence-corrected chi connectivity index (χ4v) is 2.74. The number of nitrogen functional groups attached to an aromatic ring is 1. The molecule has 0 spiro atoms. The lowest BCUT2D eigenvalue weighted by molar-refractivity contribution is -0.137. The van der Waals surface area contributed by atoms with Crippen molar-refractivity contribution in [1.82, 2.24) is 10.3 Å². The number of anilines is 1. The van der Waals surface area contributed by atoms with Crippen LogP contribution in [0.4, 0.5) is 5.69 Å². The Hall–Kier alpha value is -3.39. The number of carbonyl (C=O) groups excluding carboxylic acids is 2. The number of hydrogen-bond donors (Lipinski definition) is 2. The van der Waals surface area contributed by atoms with E-state index < -0.39 is 0 Å². The van der Waals surface area contributed by atoms with Crippen molar-refractivity contribution in [1.29, 1.82) is 0 Å². The van der Waals surface area contributed by atoms with E-state index >= 15 is 0 Å². The number of nitrogens with one attached hydrogen (secondary N) is 1. The van der Waals surface area contributed by atoms with Crippen LogP contribution in [-0.2, 0) is 9.53 Å². The summed E-state index contributed by atoms with van der Waals surface area (Å²) in [5.74, 6) is 0.223.